The molecule has 0 radical (unpaired) electrons. The summed E-state index contributed by atoms with van der Waals surface area (Å²) in [6.45, 7) is 4.75. The predicted molar refractivity (Wildman–Crippen MR) is 158 cm³/mol. The third kappa shape index (κ3) is 6.87. The lowest BCUT2D eigenvalue weighted by molar-refractivity contribution is -0.137. The number of amides is 3. The molecule has 0 saturated carbocycles. The Balaban J connectivity index is 1.57. The van der Waals surface area contributed by atoms with Gasteiger partial charge in [0, 0.05) is 41.2 Å². The van der Waals surface area contributed by atoms with E-state index in [1.54, 1.807) is 53.4 Å². The molecule has 0 aliphatic carbocycles. The summed E-state index contributed by atoms with van der Waals surface area (Å²) >= 11 is 1.35. The van der Waals surface area contributed by atoms with Gasteiger partial charge in [0.25, 0.3) is 11.8 Å². The highest BCUT2D eigenvalue weighted by molar-refractivity contribution is 7.10. The van der Waals surface area contributed by atoms with Crippen molar-refractivity contribution in [1.29, 1.82) is 5.26 Å². The number of nitriles is 1. The predicted octanol–water partition coefficient (Wildman–Crippen LogP) is 4.48. The first kappa shape index (κ1) is 30.1. The van der Waals surface area contributed by atoms with Crippen LogP contribution in [-0.2, 0) is 9.53 Å². The summed E-state index contributed by atoms with van der Waals surface area (Å²) in [5.74, 6) is -1.68. The number of anilines is 2. The van der Waals surface area contributed by atoms with Crippen molar-refractivity contribution < 1.29 is 29.0 Å². The lowest BCUT2D eigenvalue weighted by atomic mass is 10.0. The second kappa shape index (κ2) is 13.2. The number of benzene rings is 2. The number of carbonyl (C=O) groups excluding carboxylic acids is 3. The molecule has 1 fully saturated rings. The van der Waals surface area contributed by atoms with Crippen LogP contribution in [0.2, 0.25) is 0 Å². The quantitative estimate of drug-likeness (QED) is 0.348. The number of carbonyl (C=O) groups is 4. The summed E-state index contributed by atoms with van der Waals surface area (Å²) in [4.78, 5) is 54.7. The number of ether oxygens (including phenoxy) is 1. The molecule has 4 rings (SSSR count). The summed E-state index contributed by atoms with van der Waals surface area (Å²) in [7, 11) is 1.24. The molecular formula is C30H31N5O6S. The fourth-order valence-corrected chi connectivity index (χ4v) is 5.69. The van der Waals surface area contributed by atoms with E-state index in [0.29, 0.717) is 40.5 Å². The molecule has 0 spiro atoms. The van der Waals surface area contributed by atoms with E-state index >= 15 is 0 Å². The van der Waals surface area contributed by atoms with Crippen molar-refractivity contribution in [2.45, 2.75) is 38.4 Å². The summed E-state index contributed by atoms with van der Waals surface area (Å²) in [6.07, 6.45) is -0.996. The zero-order valence-corrected chi connectivity index (χ0v) is 24.2. The molecule has 2 aromatic carbocycles. The minimum atomic E-state index is -1.04. The largest absolute Gasteiger partial charge is 0.481 e. The van der Waals surface area contributed by atoms with Gasteiger partial charge in [-0.1, -0.05) is 6.07 Å². The van der Waals surface area contributed by atoms with Crippen LogP contribution in [0.4, 0.5) is 16.2 Å². The highest BCUT2D eigenvalue weighted by atomic mass is 32.1. The monoisotopic (exact) mass is 589 g/mol. The first-order valence-corrected chi connectivity index (χ1v) is 14.1. The second-order valence-corrected chi connectivity index (χ2v) is 11.0. The minimum Gasteiger partial charge on any atom is -0.481 e. The molecule has 42 heavy (non-hydrogen) atoms. The molecule has 0 bridgehead atoms. The average Bonchev–Trinajstić information content (AvgIpc) is 3.52. The molecule has 3 aromatic rings. The minimum absolute atomic E-state index is 0.139. The molecule has 218 valence electrons. The van der Waals surface area contributed by atoms with Gasteiger partial charge in [0.1, 0.15) is 0 Å². The van der Waals surface area contributed by atoms with Crippen molar-refractivity contribution in [3.63, 3.8) is 0 Å². The molecule has 3 atom stereocenters. The fraction of sp³-hybridized carbons (Fsp3) is 0.300. The Labute approximate surface area is 247 Å². The van der Waals surface area contributed by atoms with Gasteiger partial charge in [0.15, 0.2) is 0 Å². The van der Waals surface area contributed by atoms with Gasteiger partial charge in [0.05, 0.1) is 42.6 Å². The van der Waals surface area contributed by atoms with Crippen molar-refractivity contribution in [2.75, 3.05) is 30.4 Å². The number of hydrogen-bond donors (Lipinski definition) is 3. The maximum Gasteiger partial charge on any atom is 0.411 e. The number of piperazine rings is 1. The number of methoxy groups -OCH3 is 1. The number of hydrogen-bond acceptors (Lipinski definition) is 8. The highest BCUT2D eigenvalue weighted by Gasteiger charge is 2.34. The van der Waals surface area contributed by atoms with Crippen LogP contribution in [0, 0.1) is 11.3 Å². The Bertz CT molecular complexity index is 1500. The molecule has 1 aliphatic heterocycles. The van der Waals surface area contributed by atoms with Crippen LogP contribution >= 0.6 is 11.3 Å². The third-order valence-electron chi connectivity index (χ3n) is 7.07. The Kier molecular flexibility index (Phi) is 9.44. The Morgan fingerprint density at radius 3 is 2.40 bits per heavy atom. The molecule has 12 heteroatoms. The summed E-state index contributed by atoms with van der Waals surface area (Å²) < 4.78 is 4.81. The number of rotatable bonds is 8. The number of nitrogens with one attached hydrogen (secondary N) is 2. The number of nitrogens with zero attached hydrogens (tertiary/aromatic N) is 3. The molecule has 11 nitrogen and oxygen atoms in total. The van der Waals surface area contributed by atoms with Gasteiger partial charge in [-0.2, -0.15) is 5.26 Å². The average molecular weight is 590 g/mol. The van der Waals surface area contributed by atoms with Gasteiger partial charge in [-0.25, -0.2) is 4.79 Å². The molecular weight excluding hydrogens is 558 g/mol. The van der Waals surface area contributed by atoms with E-state index in [4.69, 9.17) is 10.00 Å². The molecule has 1 aromatic heterocycles. The number of carboxylic acids is 1. The second-order valence-electron chi connectivity index (χ2n) is 9.98. The zero-order chi connectivity index (χ0) is 30.4. The Morgan fingerprint density at radius 1 is 1.07 bits per heavy atom. The van der Waals surface area contributed by atoms with Crippen LogP contribution < -0.4 is 15.5 Å². The maximum atomic E-state index is 13.3. The molecule has 3 N–H and O–H groups in total. The van der Waals surface area contributed by atoms with E-state index in [1.807, 2.05) is 19.2 Å². The number of thiophene rings is 1. The van der Waals surface area contributed by atoms with Crippen molar-refractivity contribution in [3.8, 4) is 6.07 Å². The Hall–Kier alpha value is -4.89. The van der Waals surface area contributed by atoms with Gasteiger partial charge in [-0.3, -0.25) is 19.7 Å². The van der Waals surface area contributed by atoms with Crippen LogP contribution in [0.3, 0.4) is 0 Å². The van der Waals surface area contributed by atoms with Crippen LogP contribution in [0.5, 0.6) is 0 Å². The van der Waals surface area contributed by atoms with Crippen molar-refractivity contribution in [1.82, 2.24) is 10.2 Å². The van der Waals surface area contributed by atoms with Crippen molar-refractivity contribution >= 4 is 46.6 Å². The smallest absolute Gasteiger partial charge is 0.411 e. The van der Waals surface area contributed by atoms with E-state index < -0.39 is 24.0 Å². The third-order valence-corrected chi connectivity index (χ3v) is 8.05. The summed E-state index contributed by atoms with van der Waals surface area (Å²) in [5, 5.41) is 25.7. The molecule has 3 amide bonds. The lowest BCUT2D eigenvalue weighted by Crippen LogP contribution is -2.58. The van der Waals surface area contributed by atoms with Crippen molar-refractivity contribution in [3.05, 3.63) is 81.5 Å². The standard InChI is InChI=1S/C30H31N5O6S/c1-18-17-35(29(39)21-8-6-20(15-31)7-9-21)19(2)16-34(18)25-11-10-22(13-23(25)33-30(40)41-3)28(38)32-24(14-27(36)37)26-5-4-12-42-26/h4-13,18-19,24H,14,16-17H2,1-3H3,(H,32,38)(H,33,40)(H,36,37). The fourth-order valence-electron chi connectivity index (χ4n) is 4.92. The first-order valence-electron chi connectivity index (χ1n) is 13.2. The maximum absolute atomic E-state index is 13.3. The highest BCUT2D eigenvalue weighted by Crippen LogP contribution is 2.33. The van der Waals surface area contributed by atoms with Gasteiger partial charge in [0.2, 0.25) is 0 Å². The number of aliphatic carboxylic acids is 1. The van der Waals surface area contributed by atoms with E-state index in [0.717, 1.165) is 0 Å². The van der Waals surface area contributed by atoms with Crippen LogP contribution in [0.25, 0.3) is 0 Å². The summed E-state index contributed by atoms with van der Waals surface area (Å²) in [6, 6.07) is 15.9. The molecule has 2 heterocycles. The van der Waals surface area contributed by atoms with Gasteiger partial charge in [-0.15, -0.1) is 11.3 Å². The lowest BCUT2D eigenvalue weighted by Gasteiger charge is -2.45. The number of carboxylic acid groups (broad SMARTS) is 1. The Morgan fingerprint density at radius 2 is 1.79 bits per heavy atom. The van der Waals surface area contributed by atoms with Gasteiger partial charge >= 0.3 is 12.1 Å². The van der Waals surface area contributed by atoms with E-state index in [1.165, 1.54) is 24.5 Å². The van der Waals surface area contributed by atoms with Crippen LogP contribution in [-0.4, -0.2) is 66.2 Å². The summed E-state index contributed by atoms with van der Waals surface area (Å²) in [5.41, 5.74) is 2.18. The molecule has 1 saturated heterocycles. The molecule has 3 unspecified atom stereocenters. The first-order chi connectivity index (χ1) is 20.1. The zero-order valence-electron chi connectivity index (χ0n) is 23.4. The van der Waals surface area contributed by atoms with Gasteiger partial charge in [-0.05, 0) is 67.8 Å². The van der Waals surface area contributed by atoms with E-state index in [-0.39, 0.29) is 30.0 Å². The van der Waals surface area contributed by atoms with E-state index in [2.05, 4.69) is 21.6 Å². The topological polar surface area (TPSA) is 152 Å². The van der Waals surface area contributed by atoms with Gasteiger partial charge < -0.3 is 25.0 Å². The van der Waals surface area contributed by atoms with E-state index in [9.17, 15) is 24.3 Å². The van der Waals surface area contributed by atoms with Crippen LogP contribution in [0.15, 0.2) is 60.0 Å². The van der Waals surface area contributed by atoms with Crippen LogP contribution in [0.1, 0.15) is 57.5 Å². The molecule has 1 aliphatic rings. The normalized spacial score (nSPS) is 17.1. The van der Waals surface area contributed by atoms with Crippen molar-refractivity contribution in [2.24, 2.45) is 0 Å². The SMILES string of the molecule is COC(=O)Nc1cc(C(=O)NC(CC(=O)O)c2cccs2)ccc1N1CC(C)N(C(=O)c2ccc(C#N)cc2)CC1C.